The number of hydrogen-bond acceptors (Lipinski definition) is 6. The predicted molar refractivity (Wildman–Crippen MR) is 74.6 cm³/mol. The number of nitrogens with one attached hydrogen (secondary N) is 1. The highest BCUT2D eigenvalue weighted by Crippen LogP contribution is 2.13. The maximum atomic E-state index is 5.59. The van der Waals surface area contributed by atoms with Crippen molar-refractivity contribution >= 4 is 22.3 Å². The minimum Gasteiger partial charge on any atom is -0.375 e. The van der Waals surface area contributed by atoms with Crippen molar-refractivity contribution in [3.63, 3.8) is 0 Å². The molecule has 0 atom stereocenters. The largest absolute Gasteiger partial charge is 0.375 e. The quantitative estimate of drug-likeness (QED) is 0.866. The van der Waals surface area contributed by atoms with Crippen molar-refractivity contribution in [2.45, 2.75) is 33.2 Å². The molecular formula is C12H17N5S. The van der Waals surface area contributed by atoms with Crippen LogP contribution in [0.1, 0.15) is 30.6 Å². The van der Waals surface area contributed by atoms with Gasteiger partial charge in [0.2, 0.25) is 0 Å². The molecule has 2 aromatic heterocycles. The van der Waals surface area contributed by atoms with Gasteiger partial charge in [-0.2, -0.15) is 0 Å². The highest BCUT2D eigenvalue weighted by molar-refractivity contribution is 7.13. The zero-order valence-electron chi connectivity index (χ0n) is 10.6. The van der Waals surface area contributed by atoms with E-state index in [9.17, 15) is 0 Å². The summed E-state index contributed by atoms with van der Waals surface area (Å²) in [6.07, 6.45) is 1.95. The number of nitrogen functional groups attached to an aromatic ring is 1. The fourth-order valence-corrected chi connectivity index (χ4v) is 2.20. The van der Waals surface area contributed by atoms with Gasteiger partial charge in [-0.1, -0.05) is 6.92 Å². The molecule has 0 spiro atoms. The van der Waals surface area contributed by atoms with E-state index in [2.05, 4.69) is 27.2 Å². The standard InChI is InChI=1S/C12H17N5S/c1-3-4-10-15-8(2)5-11(17-10)14-6-9-7-18-12(13)16-9/h5,7H,3-4,6H2,1-2H3,(H2,13,16)(H,14,15,17). The molecule has 0 saturated heterocycles. The van der Waals surface area contributed by atoms with Crippen molar-refractivity contribution in [1.29, 1.82) is 0 Å². The van der Waals surface area contributed by atoms with E-state index in [-0.39, 0.29) is 0 Å². The van der Waals surface area contributed by atoms with Gasteiger partial charge in [-0.25, -0.2) is 15.0 Å². The molecule has 3 N–H and O–H groups in total. The van der Waals surface area contributed by atoms with Crippen LogP contribution in [0.5, 0.6) is 0 Å². The first-order valence-corrected chi connectivity index (χ1v) is 6.83. The number of hydrogen-bond donors (Lipinski definition) is 2. The van der Waals surface area contributed by atoms with Crippen LogP contribution in [0.15, 0.2) is 11.4 Å². The van der Waals surface area contributed by atoms with Crippen LogP contribution < -0.4 is 11.1 Å². The van der Waals surface area contributed by atoms with Crippen molar-refractivity contribution in [2.24, 2.45) is 0 Å². The molecular weight excluding hydrogens is 246 g/mol. The first-order chi connectivity index (χ1) is 8.67. The van der Waals surface area contributed by atoms with Gasteiger partial charge in [-0.15, -0.1) is 11.3 Å². The van der Waals surface area contributed by atoms with Gasteiger partial charge < -0.3 is 11.1 Å². The van der Waals surface area contributed by atoms with Gasteiger partial charge in [0.1, 0.15) is 11.6 Å². The summed E-state index contributed by atoms with van der Waals surface area (Å²) in [5.41, 5.74) is 7.51. The molecule has 0 aliphatic rings. The van der Waals surface area contributed by atoms with Gasteiger partial charge in [-0.05, 0) is 13.3 Å². The Balaban J connectivity index is 2.04. The Morgan fingerprint density at radius 1 is 1.33 bits per heavy atom. The van der Waals surface area contributed by atoms with E-state index < -0.39 is 0 Å². The van der Waals surface area contributed by atoms with Crippen molar-refractivity contribution in [1.82, 2.24) is 15.0 Å². The summed E-state index contributed by atoms with van der Waals surface area (Å²) in [6.45, 7) is 4.74. The fraction of sp³-hybridized carbons (Fsp3) is 0.417. The van der Waals surface area contributed by atoms with E-state index in [0.717, 1.165) is 35.9 Å². The molecule has 0 aromatic carbocycles. The van der Waals surface area contributed by atoms with Crippen LogP contribution in [0.3, 0.4) is 0 Å². The van der Waals surface area contributed by atoms with Crippen LogP contribution in [-0.4, -0.2) is 15.0 Å². The van der Waals surface area contributed by atoms with Gasteiger partial charge in [0.05, 0.1) is 12.2 Å². The lowest BCUT2D eigenvalue weighted by Crippen LogP contribution is -2.06. The zero-order chi connectivity index (χ0) is 13.0. The molecule has 0 unspecified atom stereocenters. The van der Waals surface area contributed by atoms with Crippen LogP contribution in [0, 0.1) is 6.92 Å². The van der Waals surface area contributed by atoms with E-state index in [1.165, 1.54) is 11.3 Å². The molecule has 2 rings (SSSR count). The highest BCUT2D eigenvalue weighted by Gasteiger charge is 2.03. The topological polar surface area (TPSA) is 76.7 Å². The van der Waals surface area contributed by atoms with Crippen molar-refractivity contribution < 1.29 is 0 Å². The van der Waals surface area contributed by atoms with E-state index >= 15 is 0 Å². The number of aryl methyl sites for hydroxylation is 2. The summed E-state index contributed by atoms with van der Waals surface area (Å²) < 4.78 is 0. The summed E-state index contributed by atoms with van der Waals surface area (Å²) in [6, 6.07) is 1.94. The first kappa shape index (κ1) is 12.8. The molecule has 0 amide bonds. The van der Waals surface area contributed by atoms with Crippen molar-refractivity contribution in [3.05, 3.63) is 28.7 Å². The van der Waals surface area contributed by atoms with E-state index in [1.54, 1.807) is 0 Å². The van der Waals surface area contributed by atoms with Gasteiger partial charge in [0, 0.05) is 23.6 Å². The van der Waals surface area contributed by atoms with Crippen LogP contribution in [0.25, 0.3) is 0 Å². The average molecular weight is 263 g/mol. The fourth-order valence-electron chi connectivity index (χ4n) is 1.64. The molecule has 0 aliphatic carbocycles. The predicted octanol–water partition coefficient (Wildman–Crippen LogP) is 2.39. The molecule has 2 aromatic rings. The number of nitrogens with two attached hydrogens (primary N) is 1. The smallest absolute Gasteiger partial charge is 0.180 e. The Bertz CT molecular complexity index is 523. The number of anilines is 2. The lowest BCUT2D eigenvalue weighted by Gasteiger charge is -2.06. The lowest BCUT2D eigenvalue weighted by molar-refractivity contribution is 0.824. The van der Waals surface area contributed by atoms with Gasteiger partial charge in [0.15, 0.2) is 5.13 Å². The van der Waals surface area contributed by atoms with Crippen LogP contribution >= 0.6 is 11.3 Å². The van der Waals surface area contributed by atoms with E-state index in [1.807, 2.05) is 18.4 Å². The molecule has 0 aliphatic heterocycles. The van der Waals surface area contributed by atoms with Crippen LogP contribution in [0.4, 0.5) is 10.9 Å². The van der Waals surface area contributed by atoms with E-state index in [4.69, 9.17) is 5.73 Å². The lowest BCUT2D eigenvalue weighted by atomic mass is 10.3. The Kier molecular flexibility index (Phi) is 4.09. The van der Waals surface area contributed by atoms with Crippen LogP contribution in [0.2, 0.25) is 0 Å². The number of aromatic nitrogens is 3. The Morgan fingerprint density at radius 2 is 2.17 bits per heavy atom. The van der Waals surface area contributed by atoms with Crippen molar-refractivity contribution in [3.8, 4) is 0 Å². The average Bonchev–Trinajstić information content (AvgIpc) is 2.72. The Labute approximate surface area is 111 Å². The summed E-state index contributed by atoms with van der Waals surface area (Å²) in [4.78, 5) is 13.1. The Hall–Kier alpha value is -1.69. The number of rotatable bonds is 5. The molecule has 96 valence electrons. The van der Waals surface area contributed by atoms with Gasteiger partial charge >= 0.3 is 0 Å². The molecule has 0 bridgehead atoms. The molecule has 0 saturated carbocycles. The second kappa shape index (κ2) is 5.77. The second-order valence-corrected chi connectivity index (χ2v) is 4.98. The highest BCUT2D eigenvalue weighted by atomic mass is 32.1. The first-order valence-electron chi connectivity index (χ1n) is 5.95. The molecule has 2 heterocycles. The summed E-state index contributed by atoms with van der Waals surface area (Å²) in [7, 11) is 0. The monoisotopic (exact) mass is 263 g/mol. The van der Waals surface area contributed by atoms with E-state index in [0.29, 0.717) is 11.7 Å². The number of thiazole rings is 1. The zero-order valence-corrected chi connectivity index (χ0v) is 11.4. The minimum absolute atomic E-state index is 0.595. The van der Waals surface area contributed by atoms with Gasteiger partial charge in [-0.3, -0.25) is 0 Å². The molecule has 6 heteroatoms. The van der Waals surface area contributed by atoms with Gasteiger partial charge in [0.25, 0.3) is 0 Å². The normalized spacial score (nSPS) is 10.6. The number of nitrogens with zero attached hydrogens (tertiary/aromatic N) is 3. The summed E-state index contributed by atoms with van der Waals surface area (Å²) in [5, 5.41) is 5.79. The third-order valence-electron chi connectivity index (χ3n) is 2.39. The minimum atomic E-state index is 0.595. The third kappa shape index (κ3) is 3.40. The maximum Gasteiger partial charge on any atom is 0.180 e. The molecule has 0 fully saturated rings. The molecule has 0 radical (unpaired) electrons. The molecule has 18 heavy (non-hydrogen) atoms. The second-order valence-electron chi connectivity index (χ2n) is 4.09. The van der Waals surface area contributed by atoms with Crippen molar-refractivity contribution in [2.75, 3.05) is 11.1 Å². The van der Waals surface area contributed by atoms with Crippen LogP contribution in [-0.2, 0) is 13.0 Å². The molecule has 5 nitrogen and oxygen atoms in total. The Morgan fingerprint density at radius 3 is 2.83 bits per heavy atom. The summed E-state index contributed by atoms with van der Waals surface area (Å²) in [5.74, 6) is 1.73. The third-order valence-corrected chi connectivity index (χ3v) is 3.12. The SMILES string of the molecule is CCCc1nc(C)cc(NCc2csc(N)n2)n1. The summed E-state index contributed by atoms with van der Waals surface area (Å²) >= 11 is 1.45. The maximum absolute atomic E-state index is 5.59.